The Hall–Kier alpha value is -1.82. The van der Waals surface area contributed by atoms with E-state index in [2.05, 4.69) is 10.1 Å². The van der Waals surface area contributed by atoms with Gasteiger partial charge in [-0.05, 0) is 18.6 Å². The van der Waals surface area contributed by atoms with Gasteiger partial charge >= 0.3 is 5.97 Å². The van der Waals surface area contributed by atoms with E-state index >= 15 is 0 Å². The molecule has 0 heterocycles. The minimum atomic E-state index is -0.597. The van der Waals surface area contributed by atoms with Crippen molar-refractivity contribution in [2.45, 2.75) is 19.4 Å². The molecule has 19 heavy (non-hydrogen) atoms. The Balaban J connectivity index is 3.03. The topological polar surface area (TPSA) is 73.6 Å². The number of nitrogens with one attached hydrogen (secondary N) is 1. The zero-order valence-electron chi connectivity index (χ0n) is 11.3. The van der Waals surface area contributed by atoms with Gasteiger partial charge in [0.15, 0.2) is 0 Å². The van der Waals surface area contributed by atoms with Crippen molar-refractivity contribution in [2.75, 3.05) is 31.9 Å². The Labute approximate surface area is 111 Å². The molecule has 5 nitrogen and oxygen atoms in total. The summed E-state index contributed by atoms with van der Waals surface area (Å²) in [6, 6.07) is 2.41. The van der Waals surface area contributed by atoms with Crippen molar-refractivity contribution in [3.8, 4) is 0 Å². The molecule has 0 aliphatic rings. The first-order chi connectivity index (χ1) is 9.03. The molecule has 6 heteroatoms. The molecule has 1 rings (SSSR count). The van der Waals surface area contributed by atoms with Crippen molar-refractivity contribution < 1.29 is 18.7 Å². The van der Waals surface area contributed by atoms with Crippen molar-refractivity contribution in [1.82, 2.24) is 0 Å². The SMILES string of the molecule is CCC(COC)Nc1cc(C(=O)OC)c(N)cc1F. The fraction of sp³-hybridized carbons (Fsp3) is 0.462. The number of hydrogen-bond donors (Lipinski definition) is 2. The number of benzene rings is 1. The maximum absolute atomic E-state index is 13.8. The average Bonchev–Trinajstić information content (AvgIpc) is 2.40. The van der Waals surface area contributed by atoms with Crippen LogP contribution in [0.1, 0.15) is 23.7 Å². The van der Waals surface area contributed by atoms with Crippen molar-refractivity contribution in [3.05, 3.63) is 23.5 Å². The van der Waals surface area contributed by atoms with E-state index in [1.54, 1.807) is 7.11 Å². The van der Waals surface area contributed by atoms with Gasteiger partial charge in [0.1, 0.15) is 5.82 Å². The summed E-state index contributed by atoms with van der Waals surface area (Å²) < 4.78 is 23.4. The molecule has 0 aromatic heterocycles. The highest BCUT2D eigenvalue weighted by Crippen LogP contribution is 2.24. The second-order valence-electron chi connectivity index (χ2n) is 4.12. The lowest BCUT2D eigenvalue weighted by molar-refractivity contribution is 0.0602. The summed E-state index contributed by atoms with van der Waals surface area (Å²) in [5, 5.41) is 2.98. The van der Waals surface area contributed by atoms with Crippen LogP contribution in [0.25, 0.3) is 0 Å². The highest BCUT2D eigenvalue weighted by atomic mass is 19.1. The minimum absolute atomic E-state index is 0.0476. The van der Waals surface area contributed by atoms with E-state index in [0.717, 1.165) is 12.5 Å². The molecular weight excluding hydrogens is 251 g/mol. The number of methoxy groups -OCH3 is 2. The predicted molar refractivity (Wildman–Crippen MR) is 71.7 cm³/mol. The Morgan fingerprint density at radius 3 is 2.68 bits per heavy atom. The predicted octanol–water partition coefficient (Wildman–Crippen LogP) is 2.03. The number of esters is 1. The number of anilines is 2. The zero-order chi connectivity index (χ0) is 14.4. The molecule has 1 aromatic rings. The van der Waals surface area contributed by atoms with E-state index in [9.17, 15) is 9.18 Å². The summed E-state index contributed by atoms with van der Waals surface area (Å²) in [4.78, 5) is 11.5. The van der Waals surface area contributed by atoms with Crippen molar-refractivity contribution in [2.24, 2.45) is 0 Å². The number of carbonyl (C=O) groups is 1. The van der Waals surface area contributed by atoms with E-state index in [4.69, 9.17) is 10.5 Å². The molecule has 0 bridgehead atoms. The van der Waals surface area contributed by atoms with Crippen LogP contribution in [0.3, 0.4) is 0 Å². The summed E-state index contributed by atoms with van der Waals surface area (Å²) >= 11 is 0. The standard InChI is InChI=1S/C13H19FN2O3/c1-4-8(7-18-2)16-12-5-9(13(17)19-3)11(15)6-10(12)14/h5-6,8,16H,4,7,15H2,1-3H3. The Morgan fingerprint density at radius 1 is 1.47 bits per heavy atom. The molecule has 3 N–H and O–H groups in total. The van der Waals surface area contributed by atoms with Crippen LogP contribution in [-0.4, -0.2) is 32.8 Å². The van der Waals surface area contributed by atoms with Gasteiger partial charge in [0.05, 0.1) is 25.0 Å². The number of rotatable bonds is 6. The molecule has 1 atom stereocenters. The van der Waals surface area contributed by atoms with Crippen LogP contribution in [0, 0.1) is 5.82 Å². The van der Waals surface area contributed by atoms with Crippen LogP contribution < -0.4 is 11.1 Å². The fourth-order valence-corrected chi connectivity index (χ4v) is 1.67. The Morgan fingerprint density at radius 2 is 2.16 bits per heavy atom. The van der Waals surface area contributed by atoms with Gasteiger partial charge < -0.3 is 20.5 Å². The van der Waals surface area contributed by atoms with Crippen molar-refractivity contribution >= 4 is 17.3 Å². The third kappa shape index (κ3) is 3.82. The number of nitrogens with two attached hydrogens (primary N) is 1. The van der Waals surface area contributed by atoms with Gasteiger partial charge in [-0.2, -0.15) is 0 Å². The van der Waals surface area contributed by atoms with Gasteiger partial charge in [-0.25, -0.2) is 9.18 Å². The molecule has 0 saturated heterocycles. The molecule has 1 unspecified atom stereocenters. The molecule has 0 amide bonds. The first-order valence-electron chi connectivity index (χ1n) is 5.96. The summed E-state index contributed by atoms with van der Waals surface area (Å²) in [7, 11) is 2.82. The second-order valence-corrected chi connectivity index (χ2v) is 4.12. The van der Waals surface area contributed by atoms with E-state index in [1.807, 2.05) is 6.92 Å². The van der Waals surface area contributed by atoms with E-state index in [0.29, 0.717) is 6.61 Å². The van der Waals surface area contributed by atoms with Gasteiger partial charge in [0, 0.05) is 18.8 Å². The molecule has 0 saturated carbocycles. The summed E-state index contributed by atoms with van der Waals surface area (Å²) in [6.45, 7) is 2.39. The van der Waals surface area contributed by atoms with Crippen LogP contribution in [0.5, 0.6) is 0 Å². The third-order valence-electron chi connectivity index (χ3n) is 2.76. The van der Waals surface area contributed by atoms with Gasteiger partial charge in [-0.15, -0.1) is 0 Å². The number of halogens is 1. The molecule has 0 spiro atoms. The highest BCUT2D eigenvalue weighted by molar-refractivity contribution is 5.96. The summed E-state index contributed by atoms with van der Waals surface area (Å²) in [6.07, 6.45) is 0.755. The van der Waals surface area contributed by atoms with Crippen molar-refractivity contribution in [1.29, 1.82) is 0 Å². The quantitative estimate of drug-likeness (QED) is 0.611. The molecular formula is C13H19FN2O3. The summed E-state index contributed by atoms with van der Waals surface area (Å²) in [5.41, 5.74) is 5.99. The molecule has 106 valence electrons. The van der Waals surface area contributed by atoms with Crippen molar-refractivity contribution in [3.63, 3.8) is 0 Å². The molecule has 0 aliphatic heterocycles. The minimum Gasteiger partial charge on any atom is -0.465 e. The Bertz CT molecular complexity index is 452. The van der Waals surface area contributed by atoms with Crippen LogP contribution in [0.2, 0.25) is 0 Å². The molecule has 0 aliphatic carbocycles. The van der Waals surface area contributed by atoms with Crippen LogP contribution in [0.4, 0.5) is 15.8 Å². The smallest absolute Gasteiger partial charge is 0.340 e. The average molecular weight is 270 g/mol. The molecule has 0 radical (unpaired) electrons. The number of hydrogen-bond acceptors (Lipinski definition) is 5. The van der Waals surface area contributed by atoms with Gasteiger partial charge in [-0.1, -0.05) is 6.92 Å². The Kier molecular flexibility index (Phi) is 5.57. The maximum Gasteiger partial charge on any atom is 0.340 e. The van der Waals surface area contributed by atoms with E-state index < -0.39 is 11.8 Å². The lowest BCUT2D eigenvalue weighted by Gasteiger charge is -2.18. The van der Waals surface area contributed by atoms with Gasteiger partial charge in [-0.3, -0.25) is 0 Å². The lowest BCUT2D eigenvalue weighted by Crippen LogP contribution is -2.24. The van der Waals surface area contributed by atoms with E-state index in [-0.39, 0.29) is 23.0 Å². The van der Waals surface area contributed by atoms with E-state index in [1.165, 1.54) is 13.2 Å². The maximum atomic E-state index is 13.8. The molecule has 0 fully saturated rings. The largest absolute Gasteiger partial charge is 0.465 e. The van der Waals surface area contributed by atoms with Gasteiger partial charge in [0.25, 0.3) is 0 Å². The summed E-state index contributed by atoms with van der Waals surface area (Å²) in [5.74, 6) is -1.11. The first kappa shape index (κ1) is 15.2. The zero-order valence-corrected chi connectivity index (χ0v) is 11.3. The van der Waals surface area contributed by atoms with Gasteiger partial charge in [0.2, 0.25) is 0 Å². The first-order valence-corrected chi connectivity index (χ1v) is 5.96. The normalized spacial score (nSPS) is 12.0. The fourth-order valence-electron chi connectivity index (χ4n) is 1.67. The monoisotopic (exact) mass is 270 g/mol. The number of ether oxygens (including phenoxy) is 2. The number of nitrogen functional groups attached to an aromatic ring is 1. The second kappa shape index (κ2) is 6.94. The lowest BCUT2D eigenvalue weighted by atomic mass is 10.1. The van der Waals surface area contributed by atoms with Crippen LogP contribution in [0.15, 0.2) is 12.1 Å². The third-order valence-corrected chi connectivity index (χ3v) is 2.76. The number of carbonyl (C=O) groups excluding carboxylic acids is 1. The molecule has 1 aromatic carbocycles. The van der Waals surface area contributed by atoms with Crippen LogP contribution in [-0.2, 0) is 9.47 Å². The highest BCUT2D eigenvalue weighted by Gasteiger charge is 2.16. The van der Waals surface area contributed by atoms with Crippen LogP contribution >= 0.6 is 0 Å².